The molecule has 2 nitrogen and oxygen atoms in total. The van der Waals surface area contributed by atoms with E-state index in [1.54, 1.807) is 0 Å². The molecule has 0 heterocycles. The minimum absolute atomic E-state index is 0.0124. The normalized spacial score (nSPS) is 56.5. The van der Waals surface area contributed by atoms with Crippen molar-refractivity contribution in [3.05, 3.63) is 0 Å². The molecule has 0 aliphatic heterocycles. The molecule has 0 amide bonds. The maximum absolute atomic E-state index is 12.4. The first-order valence-corrected chi connectivity index (χ1v) is 9.16. The zero-order valence-electron chi connectivity index (χ0n) is 13.6. The van der Waals surface area contributed by atoms with Crippen molar-refractivity contribution in [3.63, 3.8) is 0 Å². The molecular formula is C19H30O2. The average Bonchev–Trinajstić information content (AvgIpc) is 2.76. The zero-order chi connectivity index (χ0) is 14.8. The number of ketones is 1. The highest BCUT2D eigenvalue weighted by atomic mass is 16.3. The Labute approximate surface area is 128 Å². The Morgan fingerprint density at radius 3 is 2.62 bits per heavy atom. The fraction of sp³-hybridized carbons (Fsp3) is 0.947. The smallest absolute Gasteiger partial charge is 0.139 e. The van der Waals surface area contributed by atoms with E-state index in [4.69, 9.17) is 0 Å². The van der Waals surface area contributed by atoms with Gasteiger partial charge >= 0.3 is 0 Å². The van der Waals surface area contributed by atoms with E-state index >= 15 is 0 Å². The molecule has 4 aliphatic rings. The molecule has 2 unspecified atom stereocenters. The van der Waals surface area contributed by atoms with Crippen LogP contribution in [0.5, 0.6) is 0 Å². The molecule has 118 valence electrons. The quantitative estimate of drug-likeness (QED) is 0.733. The predicted octanol–water partition coefficient (Wildman–Crippen LogP) is 3.96. The van der Waals surface area contributed by atoms with Crippen LogP contribution >= 0.6 is 0 Å². The summed E-state index contributed by atoms with van der Waals surface area (Å²) < 4.78 is 0. The van der Waals surface area contributed by atoms with E-state index in [9.17, 15) is 9.90 Å². The Balaban J connectivity index is 1.64. The average molecular weight is 290 g/mol. The summed E-state index contributed by atoms with van der Waals surface area (Å²) in [5.41, 5.74) is 0.452. The molecule has 1 N–H and O–H groups in total. The Hall–Kier alpha value is -0.370. The number of Topliss-reactive ketones (excluding diaryl/α,β-unsaturated/α-hetero) is 1. The number of rotatable bonds is 0. The van der Waals surface area contributed by atoms with Gasteiger partial charge < -0.3 is 5.11 Å². The van der Waals surface area contributed by atoms with Crippen LogP contribution in [0.1, 0.15) is 71.6 Å². The van der Waals surface area contributed by atoms with Crippen molar-refractivity contribution in [2.24, 2.45) is 34.5 Å². The maximum atomic E-state index is 12.4. The van der Waals surface area contributed by atoms with Crippen molar-refractivity contribution in [2.75, 3.05) is 0 Å². The Bertz CT molecular complexity index is 458. The van der Waals surface area contributed by atoms with E-state index in [0.717, 1.165) is 49.9 Å². The van der Waals surface area contributed by atoms with E-state index in [1.165, 1.54) is 25.7 Å². The van der Waals surface area contributed by atoms with E-state index in [1.807, 2.05) is 0 Å². The lowest BCUT2D eigenvalue weighted by atomic mass is 9.45. The summed E-state index contributed by atoms with van der Waals surface area (Å²) in [6.45, 7) is 4.78. The van der Waals surface area contributed by atoms with Gasteiger partial charge in [-0.1, -0.05) is 13.8 Å². The molecule has 0 aromatic carbocycles. The standard InChI is InChI=1S/C19H30O2/c1-18-9-7-13(20)11-12(18)3-4-14-15-5-6-17(21)19(15,2)10-8-16(14)18/h12-16,20H,3-11H2,1-2H3/t12?,13?,14-,15-,16+,18-,19-/m0/s1. The second kappa shape index (κ2) is 4.57. The molecule has 0 radical (unpaired) electrons. The molecule has 7 atom stereocenters. The number of fused-ring (bicyclic) bond motifs is 5. The number of aliphatic hydroxyl groups excluding tert-OH is 1. The summed E-state index contributed by atoms with van der Waals surface area (Å²) in [4.78, 5) is 12.4. The van der Waals surface area contributed by atoms with E-state index in [-0.39, 0.29) is 11.5 Å². The Kier molecular flexibility index (Phi) is 3.10. The number of carbonyl (C=O) groups excluding carboxylic acids is 1. The highest BCUT2D eigenvalue weighted by Gasteiger charge is 2.60. The molecule has 0 aromatic rings. The van der Waals surface area contributed by atoms with Crippen LogP contribution < -0.4 is 0 Å². The monoisotopic (exact) mass is 290 g/mol. The number of hydrogen-bond donors (Lipinski definition) is 1. The molecule has 4 fully saturated rings. The van der Waals surface area contributed by atoms with Crippen LogP contribution in [0, 0.1) is 34.5 Å². The van der Waals surface area contributed by atoms with Gasteiger partial charge in [-0.25, -0.2) is 0 Å². The zero-order valence-corrected chi connectivity index (χ0v) is 13.6. The highest BCUT2D eigenvalue weighted by Crippen LogP contribution is 2.65. The van der Waals surface area contributed by atoms with Crippen LogP contribution in [0.4, 0.5) is 0 Å². The van der Waals surface area contributed by atoms with E-state index < -0.39 is 0 Å². The van der Waals surface area contributed by atoms with E-state index in [2.05, 4.69) is 13.8 Å². The Morgan fingerprint density at radius 2 is 1.81 bits per heavy atom. The van der Waals surface area contributed by atoms with Crippen LogP contribution in [-0.4, -0.2) is 17.0 Å². The summed E-state index contributed by atoms with van der Waals surface area (Å²) in [5.74, 6) is 3.54. The molecule has 0 saturated heterocycles. The molecule has 21 heavy (non-hydrogen) atoms. The van der Waals surface area contributed by atoms with Crippen LogP contribution in [0.15, 0.2) is 0 Å². The summed E-state index contributed by atoms with van der Waals surface area (Å²) >= 11 is 0. The van der Waals surface area contributed by atoms with Crippen molar-refractivity contribution < 1.29 is 9.90 Å². The second-order valence-electron chi connectivity index (χ2n) is 9.00. The van der Waals surface area contributed by atoms with Crippen molar-refractivity contribution in [1.29, 1.82) is 0 Å². The maximum Gasteiger partial charge on any atom is 0.139 e. The molecule has 0 bridgehead atoms. The topological polar surface area (TPSA) is 37.3 Å². The first-order valence-electron chi connectivity index (χ1n) is 9.16. The highest BCUT2D eigenvalue weighted by molar-refractivity contribution is 5.87. The first-order chi connectivity index (χ1) is 9.95. The SMILES string of the molecule is C[C@]12CCC(O)CC1CC[C@@H]1[C@H]2CC[C@]2(C)C(=O)CC[C@@H]12. The number of aliphatic hydroxyl groups is 1. The number of hydrogen-bond acceptors (Lipinski definition) is 2. The van der Waals surface area contributed by atoms with Crippen LogP contribution in [0.25, 0.3) is 0 Å². The van der Waals surface area contributed by atoms with E-state index in [0.29, 0.717) is 17.1 Å². The largest absolute Gasteiger partial charge is 0.393 e. The Morgan fingerprint density at radius 1 is 1.00 bits per heavy atom. The lowest BCUT2D eigenvalue weighted by Crippen LogP contribution is -2.54. The third-order valence-electron chi connectivity index (χ3n) is 8.35. The lowest BCUT2D eigenvalue weighted by Gasteiger charge is -2.60. The molecule has 4 rings (SSSR count). The minimum atomic E-state index is -0.0541. The fourth-order valence-electron chi connectivity index (χ4n) is 7.01. The van der Waals surface area contributed by atoms with Crippen molar-refractivity contribution >= 4 is 5.78 Å². The summed E-state index contributed by atoms with van der Waals surface area (Å²) in [6.07, 6.45) is 10.1. The third kappa shape index (κ3) is 1.84. The molecular weight excluding hydrogens is 260 g/mol. The second-order valence-corrected chi connectivity index (χ2v) is 9.00. The molecule has 2 heteroatoms. The molecule has 4 saturated carbocycles. The summed E-state index contributed by atoms with van der Waals surface area (Å²) in [7, 11) is 0. The van der Waals surface area contributed by atoms with Gasteiger partial charge in [0.1, 0.15) is 5.78 Å². The molecule has 0 aromatic heterocycles. The van der Waals surface area contributed by atoms with Crippen molar-refractivity contribution in [1.82, 2.24) is 0 Å². The van der Waals surface area contributed by atoms with Gasteiger partial charge in [-0.3, -0.25) is 4.79 Å². The van der Waals surface area contributed by atoms with Gasteiger partial charge in [-0.05, 0) is 80.5 Å². The van der Waals surface area contributed by atoms with Gasteiger partial charge in [-0.15, -0.1) is 0 Å². The lowest BCUT2D eigenvalue weighted by molar-refractivity contribution is -0.142. The summed E-state index contributed by atoms with van der Waals surface area (Å²) in [5, 5.41) is 10.0. The molecule has 4 aliphatic carbocycles. The third-order valence-corrected chi connectivity index (χ3v) is 8.35. The van der Waals surface area contributed by atoms with Crippen LogP contribution in [-0.2, 0) is 4.79 Å². The van der Waals surface area contributed by atoms with Crippen LogP contribution in [0.3, 0.4) is 0 Å². The van der Waals surface area contributed by atoms with Gasteiger partial charge in [-0.2, -0.15) is 0 Å². The van der Waals surface area contributed by atoms with Gasteiger partial charge in [0, 0.05) is 11.8 Å². The van der Waals surface area contributed by atoms with Gasteiger partial charge in [0.15, 0.2) is 0 Å². The summed E-state index contributed by atoms with van der Waals surface area (Å²) in [6, 6.07) is 0. The molecule has 0 spiro atoms. The number of carbonyl (C=O) groups is 1. The van der Waals surface area contributed by atoms with Gasteiger partial charge in [0.05, 0.1) is 6.10 Å². The van der Waals surface area contributed by atoms with Crippen molar-refractivity contribution in [2.45, 2.75) is 77.7 Å². The predicted molar refractivity (Wildman–Crippen MR) is 82.7 cm³/mol. The van der Waals surface area contributed by atoms with Crippen LogP contribution in [0.2, 0.25) is 0 Å². The van der Waals surface area contributed by atoms with Crippen molar-refractivity contribution in [3.8, 4) is 0 Å². The fourth-order valence-corrected chi connectivity index (χ4v) is 7.01. The minimum Gasteiger partial charge on any atom is -0.393 e. The van der Waals surface area contributed by atoms with Gasteiger partial charge in [0.2, 0.25) is 0 Å². The van der Waals surface area contributed by atoms with Gasteiger partial charge in [0.25, 0.3) is 0 Å². The first kappa shape index (κ1) is 14.2.